The number of unbranched alkanes of at least 4 members (excludes halogenated alkanes) is 1. The van der Waals surface area contributed by atoms with E-state index in [9.17, 15) is 4.79 Å². The summed E-state index contributed by atoms with van der Waals surface area (Å²) < 4.78 is 5.38. The Labute approximate surface area is 118 Å². The van der Waals surface area contributed by atoms with Gasteiger partial charge >= 0.3 is 0 Å². The standard InChI is InChI=1S/C17H30O2/c1-17(11-5-2-6-12-17)16(18)8-4-3-7-15-9-13-19-14-10-15/h15H,2-14H2,1H3. The molecule has 0 N–H and O–H groups in total. The highest BCUT2D eigenvalue weighted by Gasteiger charge is 2.33. The van der Waals surface area contributed by atoms with E-state index in [1.54, 1.807) is 0 Å². The highest BCUT2D eigenvalue weighted by Crippen LogP contribution is 2.37. The predicted octanol–water partition coefficient (Wildman–Crippen LogP) is 4.51. The zero-order chi connectivity index (χ0) is 13.6. The third-order valence-corrected chi connectivity index (χ3v) is 5.24. The Morgan fingerprint density at radius 3 is 2.47 bits per heavy atom. The minimum atomic E-state index is 0.0247. The van der Waals surface area contributed by atoms with E-state index < -0.39 is 0 Å². The summed E-state index contributed by atoms with van der Waals surface area (Å²) in [5.74, 6) is 1.40. The van der Waals surface area contributed by atoms with Crippen LogP contribution >= 0.6 is 0 Å². The van der Waals surface area contributed by atoms with Crippen LogP contribution in [0.25, 0.3) is 0 Å². The van der Waals surface area contributed by atoms with Crippen molar-refractivity contribution in [2.45, 2.75) is 77.6 Å². The van der Waals surface area contributed by atoms with Gasteiger partial charge in [0.05, 0.1) is 0 Å². The van der Waals surface area contributed by atoms with Gasteiger partial charge in [-0.05, 0) is 38.0 Å². The maximum atomic E-state index is 12.4. The third kappa shape index (κ3) is 4.59. The molecule has 2 rings (SSSR count). The number of carbonyl (C=O) groups is 1. The monoisotopic (exact) mass is 266 g/mol. The molecule has 0 bridgehead atoms. The normalized spacial score (nSPS) is 24.3. The van der Waals surface area contributed by atoms with Crippen molar-refractivity contribution in [2.24, 2.45) is 11.3 Å². The van der Waals surface area contributed by atoms with Crippen LogP contribution < -0.4 is 0 Å². The van der Waals surface area contributed by atoms with Crippen LogP contribution in [0.5, 0.6) is 0 Å². The first kappa shape index (κ1) is 15.0. The number of ketones is 1. The van der Waals surface area contributed by atoms with Gasteiger partial charge in [-0.25, -0.2) is 0 Å². The van der Waals surface area contributed by atoms with E-state index in [1.165, 1.54) is 44.9 Å². The predicted molar refractivity (Wildman–Crippen MR) is 78.2 cm³/mol. The van der Waals surface area contributed by atoms with Crippen molar-refractivity contribution >= 4 is 5.78 Å². The molecule has 2 aliphatic rings. The quantitative estimate of drug-likeness (QED) is 0.661. The Balaban J connectivity index is 1.60. The van der Waals surface area contributed by atoms with E-state index in [1.807, 2.05) is 0 Å². The van der Waals surface area contributed by atoms with Crippen LogP contribution in [0.15, 0.2) is 0 Å². The molecular formula is C17H30O2. The maximum Gasteiger partial charge on any atom is 0.138 e. The van der Waals surface area contributed by atoms with Gasteiger partial charge in [0.1, 0.15) is 5.78 Å². The lowest BCUT2D eigenvalue weighted by atomic mass is 9.71. The number of rotatable bonds is 6. The van der Waals surface area contributed by atoms with Gasteiger partial charge in [0.25, 0.3) is 0 Å². The first-order chi connectivity index (χ1) is 9.21. The number of carbonyl (C=O) groups excluding carboxylic acids is 1. The number of hydrogen-bond acceptors (Lipinski definition) is 2. The largest absolute Gasteiger partial charge is 0.381 e. The van der Waals surface area contributed by atoms with Crippen molar-refractivity contribution < 1.29 is 9.53 Å². The van der Waals surface area contributed by atoms with E-state index in [2.05, 4.69) is 6.92 Å². The number of hydrogen-bond donors (Lipinski definition) is 0. The second-order valence-electron chi connectivity index (χ2n) is 6.85. The molecule has 0 amide bonds. The van der Waals surface area contributed by atoms with E-state index in [0.29, 0.717) is 5.78 Å². The summed E-state index contributed by atoms with van der Waals surface area (Å²) in [4.78, 5) is 12.4. The van der Waals surface area contributed by atoms with Gasteiger partial charge in [-0.2, -0.15) is 0 Å². The van der Waals surface area contributed by atoms with Gasteiger partial charge in [0.2, 0.25) is 0 Å². The van der Waals surface area contributed by atoms with Crippen LogP contribution in [0.2, 0.25) is 0 Å². The summed E-state index contributed by atoms with van der Waals surface area (Å²) >= 11 is 0. The smallest absolute Gasteiger partial charge is 0.138 e. The Hall–Kier alpha value is -0.370. The van der Waals surface area contributed by atoms with E-state index >= 15 is 0 Å². The molecule has 0 aromatic carbocycles. The molecule has 0 aromatic heterocycles. The Morgan fingerprint density at radius 2 is 1.79 bits per heavy atom. The zero-order valence-electron chi connectivity index (χ0n) is 12.6. The number of ether oxygens (including phenoxy) is 1. The molecular weight excluding hydrogens is 236 g/mol. The van der Waals surface area contributed by atoms with Crippen LogP contribution in [0, 0.1) is 11.3 Å². The molecule has 1 aliphatic heterocycles. The molecule has 2 nitrogen and oxygen atoms in total. The third-order valence-electron chi connectivity index (χ3n) is 5.24. The molecule has 0 radical (unpaired) electrons. The Bertz CT molecular complexity index is 273. The number of Topliss-reactive ketones (excluding diaryl/α,β-unsaturated/α-hetero) is 1. The molecule has 0 spiro atoms. The Morgan fingerprint density at radius 1 is 1.11 bits per heavy atom. The summed E-state index contributed by atoms with van der Waals surface area (Å²) in [5.41, 5.74) is 0.0247. The van der Waals surface area contributed by atoms with Crippen LogP contribution in [0.4, 0.5) is 0 Å². The van der Waals surface area contributed by atoms with Crippen LogP contribution in [0.1, 0.15) is 77.6 Å². The Kier molecular flexibility index (Phi) is 5.87. The minimum Gasteiger partial charge on any atom is -0.381 e. The summed E-state index contributed by atoms with van der Waals surface area (Å²) in [6, 6.07) is 0. The van der Waals surface area contributed by atoms with Crippen molar-refractivity contribution in [3.63, 3.8) is 0 Å². The van der Waals surface area contributed by atoms with Crippen molar-refractivity contribution in [1.29, 1.82) is 0 Å². The first-order valence-corrected chi connectivity index (χ1v) is 8.32. The van der Waals surface area contributed by atoms with Gasteiger partial charge in [0.15, 0.2) is 0 Å². The van der Waals surface area contributed by atoms with E-state index in [-0.39, 0.29) is 5.41 Å². The van der Waals surface area contributed by atoms with Crippen molar-refractivity contribution in [3.05, 3.63) is 0 Å². The molecule has 19 heavy (non-hydrogen) atoms. The lowest BCUT2D eigenvalue weighted by molar-refractivity contribution is -0.129. The fraction of sp³-hybridized carbons (Fsp3) is 0.941. The lowest BCUT2D eigenvalue weighted by Gasteiger charge is -2.32. The van der Waals surface area contributed by atoms with Gasteiger partial charge in [-0.15, -0.1) is 0 Å². The van der Waals surface area contributed by atoms with Gasteiger partial charge < -0.3 is 4.74 Å². The second-order valence-corrected chi connectivity index (χ2v) is 6.85. The molecule has 1 aliphatic carbocycles. The van der Waals surface area contributed by atoms with Crippen LogP contribution in [-0.4, -0.2) is 19.0 Å². The summed E-state index contributed by atoms with van der Waals surface area (Å²) in [6.45, 7) is 4.09. The molecule has 1 saturated carbocycles. The minimum absolute atomic E-state index is 0.0247. The van der Waals surface area contributed by atoms with E-state index in [0.717, 1.165) is 44.8 Å². The first-order valence-electron chi connectivity index (χ1n) is 8.32. The lowest BCUT2D eigenvalue weighted by Crippen LogP contribution is -2.30. The molecule has 1 saturated heterocycles. The summed E-state index contributed by atoms with van der Waals surface area (Å²) in [7, 11) is 0. The molecule has 0 unspecified atom stereocenters. The molecule has 110 valence electrons. The highest BCUT2D eigenvalue weighted by molar-refractivity contribution is 5.84. The van der Waals surface area contributed by atoms with Gasteiger partial charge in [0, 0.05) is 25.0 Å². The molecule has 0 atom stereocenters. The van der Waals surface area contributed by atoms with Gasteiger partial charge in [-0.1, -0.05) is 39.0 Å². The molecule has 0 aromatic rings. The van der Waals surface area contributed by atoms with Gasteiger partial charge in [-0.3, -0.25) is 4.79 Å². The molecule has 2 heteroatoms. The fourth-order valence-electron chi connectivity index (χ4n) is 3.67. The van der Waals surface area contributed by atoms with Crippen molar-refractivity contribution in [1.82, 2.24) is 0 Å². The van der Waals surface area contributed by atoms with Crippen LogP contribution in [-0.2, 0) is 9.53 Å². The SMILES string of the molecule is CC1(C(=O)CCCCC2CCOCC2)CCCCC1. The average Bonchev–Trinajstić information content (AvgIpc) is 2.45. The van der Waals surface area contributed by atoms with Crippen molar-refractivity contribution in [2.75, 3.05) is 13.2 Å². The van der Waals surface area contributed by atoms with E-state index in [4.69, 9.17) is 4.74 Å². The molecule has 1 heterocycles. The zero-order valence-corrected chi connectivity index (χ0v) is 12.6. The summed E-state index contributed by atoms with van der Waals surface area (Å²) in [5, 5.41) is 0. The average molecular weight is 266 g/mol. The highest BCUT2D eigenvalue weighted by atomic mass is 16.5. The second kappa shape index (κ2) is 7.42. The van der Waals surface area contributed by atoms with Crippen LogP contribution in [0.3, 0.4) is 0 Å². The molecule has 2 fully saturated rings. The van der Waals surface area contributed by atoms with Crippen molar-refractivity contribution in [3.8, 4) is 0 Å². The summed E-state index contributed by atoms with van der Waals surface area (Å²) in [6.07, 6.45) is 13.0. The fourth-order valence-corrected chi connectivity index (χ4v) is 3.67. The maximum absolute atomic E-state index is 12.4. The topological polar surface area (TPSA) is 26.3 Å².